The van der Waals surface area contributed by atoms with Gasteiger partial charge in [0.15, 0.2) is 0 Å². The molecule has 0 saturated heterocycles. The Morgan fingerprint density at radius 3 is 2.47 bits per heavy atom. The molecule has 2 rings (SSSR count). The Morgan fingerprint density at radius 1 is 1.37 bits per heavy atom. The van der Waals surface area contributed by atoms with Gasteiger partial charge in [-0.3, -0.25) is 0 Å². The Balaban J connectivity index is 2.25. The van der Waals surface area contributed by atoms with Crippen LogP contribution in [0.1, 0.15) is 38.3 Å². The number of hydrogen-bond acceptors (Lipinski definition) is 1. The zero-order chi connectivity index (χ0) is 14.3. The minimum absolute atomic E-state index is 0.120. The Morgan fingerprint density at radius 2 is 2.00 bits per heavy atom. The molecule has 106 valence electrons. The first kappa shape index (κ1) is 14.4. The topological polar surface area (TPSA) is 12.0 Å². The van der Waals surface area contributed by atoms with Gasteiger partial charge >= 0.3 is 6.18 Å². The largest absolute Gasteiger partial charge is 0.416 e. The van der Waals surface area contributed by atoms with Crippen LogP contribution in [0.4, 0.5) is 13.2 Å². The first-order valence-electron chi connectivity index (χ1n) is 6.67. The lowest BCUT2D eigenvalue weighted by Crippen LogP contribution is -2.33. The molecule has 0 amide bonds. The Hall–Kier alpha value is -1.03. The number of benzene rings is 1. The average Bonchev–Trinajstić information content (AvgIpc) is 2.98. The van der Waals surface area contributed by atoms with Gasteiger partial charge in [-0.2, -0.15) is 13.2 Å². The lowest BCUT2D eigenvalue weighted by atomic mass is 9.91. The normalized spacial score (nSPS) is 26.8. The van der Waals surface area contributed by atoms with Crippen molar-refractivity contribution in [1.82, 2.24) is 5.32 Å². The van der Waals surface area contributed by atoms with Gasteiger partial charge in [0.1, 0.15) is 0 Å². The summed E-state index contributed by atoms with van der Waals surface area (Å²) in [6.07, 6.45) is -3.31. The predicted octanol–water partition coefficient (Wildman–Crippen LogP) is 3.98. The fourth-order valence-corrected chi connectivity index (χ4v) is 2.63. The van der Waals surface area contributed by atoms with E-state index in [1.165, 1.54) is 12.1 Å². The summed E-state index contributed by atoms with van der Waals surface area (Å²) in [6.45, 7) is 6.94. The summed E-state index contributed by atoms with van der Waals surface area (Å²) in [6, 6.07) is 6.13. The van der Waals surface area contributed by atoms with Crippen LogP contribution in [-0.2, 0) is 11.6 Å². The molecule has 1 aromatic carbocycles. The summed E-state index contributed by atoms with van der Waals surface area (Å²) < 4.78 is 38.3. The molecule has 1 aliphatic carbocycles. The molecular formula is C15H20F3N. The number of rotatable bonds is 4. The number of halogens is 3. The third kappa shape index (κ3) is 2.94. The molecule has 2 atom stereocenters. The van der Waals surface area contributed by atoms with E-state index in [4.69, 9.17) is 0 Å². The van der Waals surface area contributed by atoms with Crippen molar-refractivity contribution in [3.05, 3.63) is 35.4 Å². The number of alkyl halides is 3. The second-order valence-electron chi connectivity index (χ2n) is 5.88. The fourth-order valence-electron chi connectivity index (χ4n) is 2.63. The zero-order valence-corrected chi connectivity index (χ0v) is 11.5. The van der Waals surface area contributed by atoms with Crippen LogP contribution in [-0.4, -0.2) is 12.6 Å². The molecular weight excluding hydrogens is 251 g/mol. The van der Waals surface area contributed by atoms with Crippen molar-refractivity contribution in [2.45, 2.75) is 44.8 Å². The molecule has 0 bridgehead atoms. The van der Waals surface area contributed by atoms with E-state index in [-0.39, 0.29) is 5.41 Å². The van der Waals surface area contributed by atoms with Crippen LogP contribution in [0.2, 0.25) is 0 Å². The van der Waals surface area contributed by atoms with E-state index in [2.05, 4.69) is 12.2 Å². The highest BCUT2D eigenvalue weighted by Gasteiger charge is 2.52. The summed E-state index contributed by atoms with van der Waals surface area (Å²) in [4.78, 5) is 0. The van der Waals surface area contributed by atoms with Crippen LogP contribution < -0.4 is 5.32 Å². The van der Waals surface area contributed by atoms with Gasteiger partial charge in [0.2, 0.25) is 0 Å². The minimum Gasteiger partial charge on any atom is -0.314 e. The van der Waals surface area contributed by atoms with Crippen molar-refractivity contribution in [2.75, 3.05) is 6.54 Å². The summed E-state index contributed by atoms with van der Waals surface area (Å²) in [5, 5.41) is 3.35. The second-order valence-corrected chi connectivity index (χ2v) is 5.88. The van der Waals surface area contributed by atoms with Gasteiger partial charge in [0.05, 0.1) is 5.56 Å². The molecule has 4 heteroatoms. The molecule has 1 saturated carbocycles. The Labute approximate surface area is 112 Å². The van der Waals surface area contributed by atoms with Crippen LogP contribution in [0.25, 0.3) is 0 Å². The van der Waals surface area contributed by atoms with Crippen molar-refractivity contribution < 1.29 is 13.2 Å². The molecule has 19 heavy (non-hydrogen) atoms. The van der Waals surface area contributed by atoms with Crippen LogP contribution in [0.3, 0.4) is 0 Å². The Kier molecular flexibility index (Phi) is 3.65. The predicted molar refractivity (Wildman–Crippen MR) is 70.0 cm³/mol. The van der Waals surface area contributed by atoms with Gasteiger partial charge in [0.25, 0.3) is 0 Å². The lowest BCUT2D eigenvalue weighted by Gasteiger charge is -2.21. The van der Waals surface area contributed by atoms with E-state index >= 15 is 0 Å². The number of hydrogen-bond donors (Lipinski definition) is 1. The summed E-state index contributed by atoms with van der Waals surface area (Å²) in [5.74, 6) is 0.433. The monoisotopic (exact) mass is 271 g/mol. The van der Waals surface area contributed by atoms with Crippen molar-refractivity contribution >= 4 is 0 Å². The second kappa shape index (κ2) is 4.82. The first-order chi connectivity index (χ1) is 8.75. The van der Waals surface area contributed by atoms with Crippen molar-refractivity contribution in [3.63, 3.8) is 0 Å². The van der Waals surface area contributed by atoms with E-state index in [1.54, 1.807) is 0 Å². The number of nitrogens with one attached hydrogen (secondary N) is 1. The molecule has 1 aromatic rings. The van der Waals surface area contributed by atoms with Gasteiger partial charge in [-0.25, -0.2) is 0 Å². The highest BCUT2D eigenvalue weighted by Crippen LogP contribution is 2.54. The smallest absolute Gasteiger partial charge is 0.314 e. The highest BCUT2D eigenvalue weighted by atomic mass is 19.4. The molecule has 0 aromatic heterocycles. The molecule has 0 heterocycles. The average molecular weight is 271 g/mol. The van der Waals surface area contributed by atoms with Crippen LogP contribution >= 0.6 is 0 Å². The van der Waals surface area contributed by atoms with Crippen LogP contribution in [0.5, 0.6) is 0 Å². The minimum atomic E-state index is -4.26. The van der Waals surface area contributed by atoms with Gasteiger partial charge in [-0.1, -0.05) is 39.0 Å². The molecule has 2 unspecified atom stereocenters. The lowest BCUT2D eigenvalue weighted by molar-refractivity contribution is -0.137. The zero-order valence-electron chi connectivity index (χ0n) is 11.5. The third-order valence-corrected chi connectivity index (χ3v) is 4.04. The quantitative estimate of drug-likeness (QED) is 0.873. The first-order valence-corrected chi connectivity index (χ1v) is 6.67. The summed E-state index contributed by atoms with van der Waals surface area (Å²) >= 11 is 0. The molecule has 0 aliphatic heterocycles. The van der Waals surface area contributed by atoms with E-state index in [1.807, 2.05) is 19.9 Å². The fraction of sp³-hybridized carbons (Fsp3) is 0.600. The maximum atomic E-state index is 12.8. The van der Waals surface area contributed by atoms with Crippen molar-refractivity contribution in [2.24, 2.45) is 5.92 Å². The maximum absolute atomic E-state index is 12.8. The van der Waals surface area contributed by atoms with Gasteiger partial charge in [0, 0.05) is 18.0 Å². The molecule has 1 fully saturated rings. The van der Waals surface area contributed by atoms with Gasteiger partial charge in [-0.15, -0.1) is 0 Å². The standard InChI is InChI=1S/C15H20F3N/c1-10(2)19-9-14(8-11(14)3)12-5-4-6-13(7-12)15(16,17)18/h4-7,10-11,19H,8-9H2,1-3H3. The summed E-state index contributed by atoms with van der Waals surface area (Å²) in [5.41, 5.74) is 0.141. The van der Waals surface area contributed by atoms with Crippen LogP contribution in [0, 0.1) is 5.92 Å². The van der Waals surface area contributed by atoms with E-state index in [9.17, 15) is 13.2 Å². The van der Waals surface area contributed by atoms with Crippen molar-refractivity contribution in [3.8, 4) is 0 Å². The third-order valence-electron chi connectivity index (χ3n) is 4.04. The molecule has 0 spiro atoms. The maximum Gasteiger partial charge on any atom is 0.416 e. The molecule has 1 N–H and O–H groups in total. The van der Waals surface area contributed by atoms with E-state index in [0.29, 0.717) is 12.0 Å². The SMILES string of the molecule is CC(C)NCC1(c2cccc(C(F)(F)F)c2)CC1C. The molecule has 0 radical (unpaired) electrons. The Bertz CT molecular complexity index is 453. The van der Waals surface area contributed by atoms with Gasteiger partial charge < -0.3 is 5.32 Å². The van der Waals surface area contributed by atoms with Crippen molar-refractivity contribution in [1.29, 1.82) is 0 Å². The van der Waals surface area contributed by atoms with E-state index in [0.717, 1.165) is 24.6 Å². The summed E-state index contributed by atoms with van der Waals surface area (Å²) in [7, 11) is 0. The van der Waals surface area contributed by atoms with E-state index < -0.39 is 11.7 Å². The molecule has 1 aliphatic rings. The van der Waals surface area contributed by atoms with Gasteiger partial charge in [-0.05, 0) is 24.0 Å². The highest BCUT2D eigenvalue weighted by molar-refractivity contribution is 5.37. The molecule has 1 nitrogen and oxygen atoms in total. The van der Waals surface area contributed by atoms with Crippen LogP contribution in [0.15, 0.2) is 24.3 Å².